The number of carbonyl (C=O) groups is 2. The van der Waals surface area contributed by atoms with Crippen LogP contribution in [0.1, 0.15) is 44.0 Å². The Hall–Kier alpha value is -2.98. The number of thiophene rings is 1. The number of rotatable bonds is 5. The van der Waals surface area contributed by atoms with Crippen LogP contribution in [0.5, 0.6) is 0 Å². The van der Waals surface area contributed by atoms with E-state index < -0.39 is 16.7 Å². The Morgan fingerprint density at radius 1 is 1.20 bits per heavy atom. The van der Waals surface area contributed by atoms with E-state index in [1.165, 1.54) is 17.4 Å². The number of carbonyl (C=O) groups excluding carboxylic acids is 2. The van der Waals surface area contributed by atoms with Crippen molar-refractivity contribution in [2.75, 3.05) is 36.5 Å². The molecule has 3 N–H and O–H groups in total. The average molecular weight is 430 g/mol. The maximum Gasteiger partial charge on any atom is 0.293 e. The molecule has 2 aliphatic rings. The zero-order valence-corrected chi connectivity index (χ0v) is 17.1. The molecule has 0 saturated carbocycles. The average Bonchev–Trinajstić information content (AvgIpc) is 3.11. The summed E-state index contributed by atoms with van der Waals surface area (Å²) in [4.78, 5) is 38.9. The van der Waals surface area contributed by atoms with Gasteiger partial charge >= 0.3 is 0 Å². The van der Waals surface area contributed by atoms with Crippen LogP contribution in [-0.4, -0.2) is 43.0 Å². The molecule has 0 atom stereocenters. The number of nitrogens with one attached hydrogen (secondary N) is 1. The SMILES string of the molecule is NC(=O)c1c(NC(=O)c2ccc(N3CCOCC3)c([N+](=O)[O-])c2)sc2c1CCCC2. The van der Waals surface area contributed by atoms with E-state index >= 15 is 0 Å². The van der Waals surface area contributed by atoms with Crippen molar-refractivity contribution in [1.82, 2.24) is 0 Å². The van der Waals surface area contributed by atoms with Gasteiger partial charge in [0.1, 0.15) is 10.7 Å². The number of nitro groups is 1. The van der Waals surface area contributed by atoms with E-state index in [1.54, 1.807) is 12.1 Å². The number of nitrogens with zero attached hydrogens (tertiary/aromatic N) is 2. The molecule has 2 aromatic rings. The van der Waals surface area contributed by atoms with Gasteiger partial charge in [0.2, 0.25) is 0 Å². The van der Waals surface area contributed by atoms with Crippen LogP contribution < -0.4 is 16.0 Å². The molecule has 1 aromatic carbocycles. The van der Waals surface area contributed by atoms with E-state index in [0.717, 1.165) is 36.1 Å². The number of nitrogens with two attached hydrogens (primary N) is 1. The lowest BCUT2D eigenvalue weighted by atomic mass is 9.95. The monoisotopic (exact) mass is 430 g/mol. The minimum atomic E-state index is -0.571. The molecule has 4 rings (SSSR count). The van der Waals surface area contributed by atoms with Gasteiger partial charge in [0.05, 0.1) is 23.7 Å². The molecule has 2 amide bonds. The molecule has 1 aromatic heterocycles. The maximum absolute atomic E-state index is 12.9. The molecule has 10 heteroatoms. The number of fused-ring (bicyclic) bond motifs is 1. The molecular formula is C20H22N4O5S. The van der Waals surface area contributed by atoms with Crippen LogP contribution in [0.2, 0.25) is 0 Å². The zero-order valence-electron chi connectivity index (χ0n) is 16.3. The minimum Gasteiger partial charge on any atom is -0.378 e. The Morgan fingerprint density at radius 3 is 2.63 bits per heavy atom. The fourth-order valence-electron chi connectivity index (χ4n) is 3.97. The summed E-state index contributed by atoms with van der Waals surface area (Å²) in [5.74, 6) is -1.08. The highest BCUT2D eigenvalue weighted by Gasteiger charge is 2.27. The van der Waals surface area contributed by atoms with Crippen LogP contribution in [0, 0.1) is 10.1 Å². The fourth-order valence-corrected chi connectivity index (χ4v) is 5.26. The molecule has 1 aliphatic carbocycles. The third-order valence-corrected chi connectivity index (χ3v) is 6.64. The molecule has 0 bridgehead atoms. The van der Waals surface area contributed by atoms with Gasteiger partial charge in [0, 0.05) is 29.6 Å². The van der Waals surface area contributed by atoms with E-state index in [1.807, 2.05) is 4.90 Å². The highest BCUT2D eigenvalue weighted by Crippen LogP contribution is 2.38. The predicted molar refractivity (Wildman–Crippen MR) is 114 cm³/mol. The Morgan fingerprint density at radius 2 is 1.93 bits per heavy atom. The van der Waals surface area contributed by atoms with Crippen molar-refractivity contribution >= 4 is 39.5 Å². The second kappa shape index (κ2) is 8.41. The van der Waals surface area contributed by atoms with Crippen molar-refractivity contribution in [2.24, 2.45) is 5.73 Å². The molecule has 30 heavy (non-hydrogen) atoms. The van der Waals surface area contributed by atoms with Gasteiger partial charge in [0.25, 0.3) is 17.5 Å². The normalized spacial score (nSPS) is 16.1. The zero-order chi connectivity index (χ0) is 21.3. The Labute approximate surface area is 177 Å². The molecule has 0 spiro atoms. The standard InChI is InChI=1S/C20H22N4O5S/c21-18(25)17-13-3-1-2-4-16(13)30-20(17)22-19(26)12-5-6-14(15(11-12)24(27)28)23-7-9-29-10-8-23/h5-6,11H,1-4,7-10H2,(H2,21,25)(H,22,26). The van der Waals surface area contributed by atoms with Crippen molar-refractivity contribution < 1.29 is 19.2 Å². The number of morpholine rings is 1. The van der Waals surface area contributed by atoms with E-state index in [0.29, 0.717) is 42.6 Å². The number of hydrogen-bond acceptors (Lipinski definition) is 7. The molecule has 0 unspecified atom stereocenters. The molecule has 1 saturated heterocycles. The second-order valence-corrected chi connectivity index (χ2v) is 8.40. The number of ether oxygens (including phenoxy) is 1. The Kier molecular flexibility index (Phi) is 5.69. The van der Waals surface area contributed by atoms with Crippen molar-refractivity contribution in [3.8, 4) is 0 Å². The predicted octanol–water partition coefficient (Wildman–Crippen LogP) is 2.72. The quantitative estimate of drug-likeness (QED) is 0.554. The number of nitro benzene ring substituents is 1. The highest BCUT2D eigenvalue weighted by molar-refractivity contribution is 7.17. The number of amides is 2. The lowest BCUT2D eigenvalue weighted by Gasteiger charge is -2.28. The van der Waals surface area contributed by atoms with Crippen LogP contribution >= 0.6 is 11.3 Å². The van der Waals surface area contributed by atoms with Gasteiger partial charge in [-0.3, -0.25) is 19.7 Å². The topological polar surface area (TPSA) is 128 Å². The summed E-state index contributed by atoms with van der Waals surface area (Å²) in [6.45, 7) is 2.10. The van der Waals surface area contributed by atoms with Gasteiger partial charge in [-0.2, -0.15) is 0 Å². The molecule has 9 nitrogen and oxygen atoms in total. The summed E-state index contributed by atoms with van der Waals surface area (Å²) in [5, 5.41) is 14.8. The van der Waals surface area contributed by atoms with Gasteiger partial charge in [-0.05, 0) is 43.4 Å². The summed E-state index contributed by atoms with van der Waals surface area (Å²) in [5.41, 5.74) is 7.34. The number of aryl methyl sites for hydroxylation is 1. The van der Waals surface area contributed by atoms with Crippen LogP contribution in [-0.2, 0) is 17.6 Å². The van der Waals surface area contributed by atoms with Gasteiger partial charge < -0.3 is 20.7 Å². The van der Waals surface area contributed by atoms with Gasteiger partial charge in [-0.15, -0.1) is 11.3 Å². The van der Waals surface area contributed by atoms with Crippen LogP contribution in [0.25, 0.3) is 0 Å². The smallest absolute Gasteiger partial charge is 0.293 e. The van der Waals surface area contributed by atoms with E-state index in [9.17, 15) is 19.7 Å². The second-order valence-electron chi connectivity index (χ2n) is 7.29. The van der Waals surface area contributed by atoms with Crippen molar-refractivity contribution in [3.63, 3.8) is 0 Å². The van der Waals surface area contributed by atoms with Crippen LogP contribution in [0.3, 0.4) is 0 Å². The summed E-state index contributed by atoms with van der Waals surface area (Å²) in [7, 11) is 0. The molecule has 1 fully saturated rings. The third kappa shape index (κ3) is 3.88. The summed E-state index contributed by atoms with van der Waals surface area (Å²) >= 11 is 1.36. The van der Waals surface area contributed by atoms with Gasteiger partial charge in [0.15, 0.2) is 0 Å². The number of primary amides is 1. The summed E-state index contributed by atoms with van der Waals surface area (Å²) < 4.78 is 5.30. The molecule has 158 valence electrons. The minimum absolute atomic E-state index is 0.134. The number of benzene rings is 1. The van der Waals surface area contributed by atoms with Gasteiger partial charge in [-0.1, -0.05) is 0 Å². The molecule has 0 radical (unpaired) electrons. The van der Waals surface area contributed by atoms with E-state index in [4.69, 9.17) is 10.5 Å². The number of anilines is 2. The molecule has 1 aliphatic heterocycles. The first-order valence-corrected chi connectivity index (χ1v) is 10.6. The lowest BCUT2D eigenvalue weighted by Crippen LogP contribution is -2.36. The first-order chi connectivity index (χ1) is 14.5. The first-order valence-electron chi connectivity index (χ1n) is 9.82. The third-order valence-electron chi connectivity index (χ3n) is 5.43. The highest BCUT2D eigenvalue weighted by atomic mass is 32.1. The van der Waals surface area contributed by atoms with E-state index in [2.05, 4.69) is 5.32 Å². The van der Waals surface area contributed by atoms with Crippen LogP contribution in [0.15, 0.2) is 18.2 Å². The van der Waals surface area contributed by atoms with Crippen molar-refractivity contribution in [2.45, 2.75) is 25.7 Å². The fraction of sp³-hybridized carbons (Fsp3) is 0.400. The van der Waals surface area contributed by atoms with E-state index in [-0.39, 0.29) is 11.3 Å². The number of hydrogen-bond donors (Lipinski definition) is 2. The Balaban J connectivity index is 1.63. The molecular weight excluding hydrogens is 408 g/mol. The van der Waals surface area contributed by atoms with Crippen molar-refractivity contribution in [3.05, 3.63) is 49.9 Å². The first kappa shape index (κ1) is 20.3. The van der Waals surface area contributed by atoms with Crippen LogP contribution in [0.4, 0.5) is 16.4 Å². The van der Waals surface area contributed by atoms with Gasteiger partial charge in [-0.25, -0.2) is 0 Å². The van der Waals surface area contributed by atoms with Crippen molar-refractivity contribution in [1.29, 1.82) is 0 Å². The summed E-state index contributed by atoms with van der Waals surface area (Å²) in [6, 6.07) is 4.43. The summed E-state index contributed by atoms with van der Waals surface area (Å²) in [6.07, 6.45) is 3.64. The Bertz CT molecular complexity index is 1010. The lowest BCUT2D eigenvalue weighted by molar-refractivity contribution is -0.384. The molecule has 2 heterocycles. The maximum atomic E-state index is 12.9. The largest absolute Gasteiger partial charge is 0.378 e.